The van der Waals surface area contributed by atoms with E-state index in [1.165, 1.54) is 12.1 Å². The van der Waals surface area contributed by atoms with E-state index in [1.54, 1.807) is 20.8 Å². The first-order valence-electron chi connectivity index (χ1n) is 10.5. The van der Waals surface area contributed by atoms with E-state index in [1.807, 2.05) is 30.3 Å². The van der Waals surface area contributed by atoms with Crippen molar-refractivity contribution < 1.29 is 23.9 Å². The number of nitro benzene ring substituents is 1. The van der Waals surface area contributed by atoms with Gasteiger partial charge >= 0.3 is 5.97 Å². The molecule has 0 amide bonds. The lowest BCUT2D eigenvalue weighted by Gasteiger charge is -2.25. The Morgan fingerprint density at radius 1 is 1.15 bits per heavy atom. The van der Waals surface area contributed by atoms with Gasteiger partial charge in [-0.3, -0.25) is 10.1 Å². The second kappa shape index (κ2) is 10.5. The van der Waals surface area contributed by atoms with Crippen molar-refractivity contribution in [2.45, 2.75) is 33.4 Å². The fourth-order valence-electron chi connectivity index (χ4n) is 3.46. The van der Waals surface area contributed by atoms with E-state index in [2.05, 4.69) is 10.3 Å². The van der Waals surface area contributed by atoms with Crippen molar-refractivity contribution in [2.24, 2.45) is 10.7 Å². The molecule has 2 aromatic rings. The third-order valence-electron chi connectivity index (χ3n) is 4.88. The number of nitrogens with two attached hydrogens (primary N) is 1. The highest BCUT2D eigenvalue weighted by Gasteiger charge is 2.35. The molecule has 3 N–H and O–H groups in total. The van der Waals surface area contributed by atoms with Gasteiger partial charge in [0.2, 0.25) is 0 Å². The number of allylic oxidation sites excluding steroid dienone is 1. The number of hydrogen-bond acceptors (Lipinski definition) is 9. The monoisotopic (exact) mass is 454 g/mol. The van der Waals surface area contributed by atoms with Gasteiger partial charge in [0.05, 0.1) is 35.3 Å². The molecule has 0 radical (unpaired) electrons. The van der Waals surface area contributed by atoms with Gasteiger partial charge in [-0.15, -0.1) is 0 Å². The second-order valence-corrected chi connectivity index (χ2v) is 7.12. The van der Waals surface area contributed by atoms with E-state index in [0.29, 0.717) is 18.1 Å². The van der Waals surface area contributed by atoms with Crippen LogP contribution in [0.2, 0.25) is 0 Å². The zero-order valence-electron chi connectivity index (χ0n) is 18.7. The van der Waals surface area contributed by atoms with Crippen molar-refractivity contribution >= 4 is 17.6 Å². The summed E-state index contributed by atoms with van der Waals surface area (Å²) in [7, 11) is 0. The smallest absolute Gasteiger partial charge is 0.338 e. The fourth-order valence-corrected chi connectivity index (χ4v) is 3.46. The minimum absolute atomic E-state index is 0.0298. The molecule has 1 atom stereocenters. The maximum absolute atomic E-state index is 12.7. The molecular formula is C23H26N4O6. The number of aliphatic imine (C=N–C) groups is 1. The zero-order chi connectivity index (χ0) is 24.0. The Morgan fingerprint density at radius 2 is 1.85 bits per heavy atom. The summed E-state index contributed by atoms with van der Waals surface area (Å²) >= 11 is 0. The third kappa shape index (κ3) is 5.40. The molecule has 0 unspecified atom stereocenters. The normalized spacial score (nSPS) is 15.4. The number of rotatable bonds is 9. The highest BCUT2D eigenvalue weighted by Crippen LogP contribution is 2.42. The summed E-state index contributed by atoms with van der Waals surface area (Å²) in [4.78, 5) is 28.4. The zero-order valence-corrected chi connectivity index (χ0v) is 18.7. The van der Waals surface area contributed by atoms with Crippen LogP contribution in [0.1, 0.15) is 37.9 Å². The molecule has 1 heterocycles. The Hall–Kier alpha value is -4.08. The molecule has 174 valence electrons. The van der Waals surface area contributed by atoms with E-state index < -0.39 is 16.9 Å². The van der Waals surface area contributed by atoms with Crippen molar-refractivity contribution in [2.75, 3.05) is 13.2 Å². The number of benzene rings is 2. The van der Waals surface area contributed by atoms with E-state index in [0.717, 1.165) is 5.56 Å². The predicted octanol–water partition coefficient (Wildman–Crippen LogP) is 3.37. The van der Waals surface area contributed by atoms with Crippen LogP contribution in [0.25, 0.3) is 0 Å². The SMILES string of the molecule is CCOC(=O)C1=C(C)NC(N)=N[C@H]1c1cc(OCC)c(OCc2ccccc2)cc1[N+](=O)[O-]. The van der Waals surface area contributed by atoms with Gasteiger partial charge in [0.1, 0.15) is 12.6 Å². The summed E-state index contributed by atoms with van der Waals surface area (Å²) in [5.74, 6) is -0.106. The topological polar surface area (TPSA) is 138 Å². The first-order chi connectivity index (χ1) is 15.8. The van der Waals surface area contributed by atoms with Crippen LogP contribution in [0.3, 0.4) is 0 Å². The number of nitrogens with zero attached hydrogens (tertiary/aromatic N) is 2. The molecule has 0 aliphatic carbocycles. The molecule has 0 saturated heterocycles. The molecule has 10 heteroatoms. The molecule has 1 aliphatic rings. The van der Waals surface area contributed by atoms with E-state index in [4.69, 9.17) is 19.9 Å². The number of carbonyl (C=O) groups excluding carboxylic acids is 1. The maximum Gasteiger partial charge on any atom is 0.338 e. The lowest BCUT2D eigenvalue weighted by molar-refractivity contribution is -0.385. The largest absolute Gasteiger partial charge is 0.490 e. The highest BCUT2D eigenvalue weighted by molar-refractivity contribution is 5.95. The number of nitro groups is 1. The van der Waals surface area contributed by atoms with E-state index in [-0.39, 0.29) is 41.7 Å². The first kappa shape index (κ1) is 23.6. The average molecular weight is 454 g/mol. The maximum atomic E-state index is 12.7. The minimum Gasteiger partial charge on any atom is -0.490 e. The van der Waals surface area contributed by atoms with Gasteiger partial charge in [0.25, 0.3) is 5.69 Å². The molecule has 3 rings (SSSR count). The molecule has 0 spiro atoms. The number of ether oxygens (including phenoxy) is 3. The number of nitrogens with one attached hydrogen (secondary N) is 1. The van der Waals surface area contributed by atoms with Crippen LogP contribution in [-0.4, -0.2) is 30.1 Å². The molecule has 0 saturated carbocycles. The van der Waals surface area contributed by atoms with Crippen molar-refractivity contribution in [1.82, 2.24) is 5.32 Å². The summed E-state index contributed by atoms with van der Waals surface area (Å²) in [6.07, 6.45) is 0. The van der Waals surface area contributed by atoms with Crippen LogP contribution in [0, 0.1) is 10.1 Å². The Kier molecular flexibility index (Phi) is 7.50. The minimum atomic E-state index is -1.05. The Labute approximate surface area is 191 Å². The van der Waals surface area contributed by atoms with Crippen molar-refractivity contribution in [3.63, 3.8) is 0 Å². The van der Waals surface area contributed by atoms with E-state index >= 15 is 0 Å². The molecule has 0 fully saturated rings. The van der Waals surface area contributed by atoms with Gasteiger partial charge < -0.3 is 25.3 Å². The van der Waals surface area contributed by atoms with E-state index in [9.17, 15) is 14.9 Å². The Bertz CT molecular complexity index is 1100. The number of hydrogen-bond donors (Lipinski definition) is 2. The molecule has 0 aromatic heterocycles. The number of esters is 1. The third-order valence-corrected chi connectivity index (χ3v) is 4.88. The first-order valence-corrected chi connectivity index (χ1v) is 10.5. The molecule has 33 heavy (non-hydrogen) atoms. The summed E-state index contributed by atoms with van der Waals surface area (Å²) in [6.45, 7) is 5.73. The van der Waals surface area contributed by atoms with Crippen LogP contribution in [0.5, 0.6) is 11.5 Å². The molecule has 10 nitrogen and oxygen atoms in total. The van der Waals surface area contributed by atoms with Gasteiger partial charge in [0, 0.05) is 5.70 Å². The second-order valence-electron chi connectivity index (χ2n) is 7.12. The van der Waals surface area contributed by atoms with Crippen molar-refractivity contribution in [3.8, 4) is 11.5 Å². The molecule has 0 bridgehead atoms. The predicted molar refractivity (Wildman–Crippen MR) is 122 cm³/mol. The highest BCUT2D eigenvalue weighted by atomic mass is 16.6. The lowest BCUT2D eigenvalue weighted by Crippen LogP contribution is -2.37. The molecule has 2 aromatic carbocycles. The van der Waals surface area contributed by atoms with Crippen LogP contribution in [0.15, 0.2) is 58.7 Å². The van der Waals surface area contributed by atoms with Crippen LogP contribution < -0.4 is 20.5 Å². The Balaban J connectivity index is 2.09. The summed E-state index contributed by atoms with van der Waals surface area (Å²) in [5, 5.41) is 14.8. The summed E-state index contributed by atoms with van der Waals surface area (Å²) in [5.41, 5.74) is 7.18. The standard InChI is InChI=1S/C23H26N4O6/c1-4-31-18-11-16(21-20(22(28)32-5-2)14(3)25-23(24)26-21)17(27(29)30)12-19(18)33-13-15-9-7-6-8-10-15/h6-12,21H,4-5,13H2,1-3H3,(H3,24,25,26)/t21-/m0/s1. The molecule has 1 aliphatic heterocycles. The average Bonchev–Trinajstić information content (AvgIpc) is 2.78. The van der Waals surface area contributed by atoms with Crippen LogP contribution >= 0.6 is 0 Å². The van der Waals surface area contributed by atoms with Gasteiger partial charge in [0.15, 0.2) is 17.5 Å². The Morgan fingerprint density at radius 3 is 2.48 bits per heavy atom. The van der Waals surface area contributed by atoms with Crippen molar-refractivity contribution in [3.05, 3.63) is 75.0 Å². The lowest BCUT2D eigenvalue weighted by atomic mass is 9.94. The van der Waals surface area contributed by atoms with Gasteiger partial charge in [-0.2, -0.15) is 0 Å². The number of carbonyl (C=O) groups is 1. The van der Waals surface area contributed by atoms with Crippen LogP contribution in [0.4, 0.5) is 5.69 Å². The van der Waals surface area contributed by atoms with Gasteiger partial charge in [-0.05, 0) is 32.4 Å². The van der Waals surface area contributed by atoms with Gasteiger partial charge in [-0.1, -0.05) is 30.3 Å². The summed E-state index contributed by atoms with van der Waals surface area (Å²) in [6, 6.07) is 11.1. The summed E-state index contributed by atoms with van der Waals surface area (Å²) < 4.78 is 16.7. The molecular weight excluding hydrogens is 428 g/mol. The fraction of sp³-hybridized carbons (Fsp3) is 0.304. The van der Waals surface area contributed by atoms with Crippen molar-refractivity contribution in [1.29, 1.82) is 0 Å². The quantitative estimate of drug-likeness (QED) is 0.334. The van der Waals surface area contributed by atoms with Gasteiger partial charge in [-0.25, -0.2) is 9.79 Å². The number of guanidine groups is 1. The van der Waals surface area contributed by atoms with Crippen LogP contribution in [-0.2, 0) is 16.1 Å².